The second-order valence-electron chi connectivity index (χ2n) is 8.35. The molecule has 3 aromatic rings. The molecule has 2 aliphatic rings. The molecular weight excluding hydrogens is 479 g/mol. The largest absolute Gasteiger partial charge is 0.497 e. The van der Waals surface area contributed by atoms with Crippen molar-refractivity contribution < 1.29 is 18.7 Å². The zero-order valence-corrected chi connectivity index (χ0v) is 20.2. The number of amides is 2. The number of carbonyl (C=O) groups is 2. The number of thioether (sulfide) groups is 1. The number of hydrazone groups is 1. The van der Waals surface area contributed by atoms with Crippen LogP contribution in [0.5, 0.6) is 5.75 Å². The molecule has 2 atom stereocenters. The van der Waals surface area contributed by atoms with Crippen LogP contribution >= 0.6 is 11.8 Å². The number of anilines is 1. The molecule has 1 N–H and O–H groups in total. The Kier molecular flexibility index (Phi) is 6.81. The molecule has 0 bridgehead atoms. The molecule has 0 saturated carbocycles. The fourth-order valence-electron chi connectivity index (χ4n) is 4.12. The average Bonchev–Trinajstić information content (AvgIpc) is 3.49. The van der Waals surface area contributed by atoms with E-state index in [1.807, 2.05) is 30.3 Å². The molecule has 0 unspecified atom stereocenters. The molecule has 0 saturated heterocycles. The number of aliphatic imine (C=N–C) groups is 1. The number of rotatable bonds is 6. The molecule has 0 fully saturated rings. The number of nitrogens with one attached hydrogen (secondary N) is 1. The van der Waals surface area contributed by atoms with Gasteiger partial charge >= 0.3 is 0 Å². The maximum atomic E-state index is 13.6. The van der Waals surface area contributed by atoms with E-state index in [2.05, 4.69) is 10.3 Å². The first kappa shape index (κ1) is 23.7. The number of hydrogen-bond donors (Lipinski definition) is 1. The second-order valence-corrected chi connectivity index (χ2v) is 9.52. The van der Waals surface area contributed by atoms with Gasteiger partial charge in [0, 0.05) is 24.6 Å². The van der Waals surface area contributed by atoms with Crippen LogP contribution in [0.1, 0.15) is 30.0 Å². The summed E-state index contributed by atoms with van der Waals surface area (Å²) < 4.78 is 18.8. The van der Waals surface area contributed by atoms with Crippen molar-refractivity contribution in [3.8, 4) is 5.75 Å². The fourth-order valence-corrected chi connectivity index (χ4v) is 5.18. The minimum absolute atomic E-state index is 0.0297. The van der Waals surface area contributed by atoms with Crippen molar-refractivity contribution in [2.45, 2.75) is 24.1 Å². The number of methoxy groups -OCH3 is 1. The molecule has 2 aliphatic heterocycles. The zero-order valence-electron chi connectivity index (χ0n) is 19.4. The highest BCUT2D eigenvalue weighted by molar-refractivity contribution is 8.15. The summed E-state index contributed by atoms with van der Waals surface area (Å²) in [4.78, 5) is 29.6. The Labute approximate surface area is 212 Å². The van der Waals surface area contributed by atoms with E-state index < -0.39 is 5.25 Å². The molecule has 9 heteroatoms. The van der Waals surface area contributed by atoms with Crippen molar-refractivity contribution in [1.82, 2.24) is 5.01 Å². The number of hydrogen-bond acceptors (Lipinski definition) is 6. The van der Waals surface area contributed by atoms with E-state index in [4.69, 9.17) is 9.84 Å². The number of amidine groups is 1. The highest BCUT2D eigenvalue weighted by Crippen LogP contribution is 2.38. The summed E-state index contributed by atoms with van der Waals surface area (Å²) in [6, 6.07) is 22.8. The number of halogens is 1. The maximum Gasteiger partial charge on any atom is 0.262 e. The third-order valence-electron chi connectivity index (χ3n) is 5.92. The highest BCUT2D eigenvalue weighted by Gasteiger charge is 2.39. The van der Waals surface area contributed by atoms with Crippen LogP contribution in [0.25, 0.3) is 0 Å². The Balaban J connectivity index is 1.33. The van der Waals surface area contributed by atoms with Gasteiger partial charge in [-0.1, -0.05) is 60.3 Å². The Morgan fingerprint density at radius 3 is 2.64 bits per heavy atom. The van der Waals surface area contributed by atoms with E-state index >= 15 is 0 Å². The monoisotopic (exact) mass is 502 g/mol. The lowest BCUT2D eigenvalue weighted by molar-refractivity contribution is -0.121. The van der Waals surface area contributed by atoms with Gasteiger partial charge in [-0.2, -0.15) is 10.1 Å². The van der Waals surface area contributed by atoms with Crippen molar-refractivity contribution in [2.75, 3.05) is 12.4 Å². The van der Waals surface area contributed by atoms with Gasteiger partial charge in [-0.05, 0) is 35.4 Å². The maximum absolute atomic E-state index is 13.6. The molecule has 36 heavy (non-hydrogen) atoms. The molecule has 2 heterocycles. The van der Waals surface area contributed by atoms with E-state index in [0.717, 1.165) is 16.8 Å². The molecule has 0 aliphatic carbocycles. The zero-order chi connectivity index (χ0) is 25.1. The lowest BCUT2D eigenvalue weighted by Gasteiger charge is -2.23. The quantitative estimate of drug-likeness (QED) is 0.512. The Morgan fingerprint density at radius 2 is 1.89 bits per heavy atom. The standard InChI is InChI=1S/C27H23FN4O3S/c1-35-21-9-5-8-20(14-21)29-25(33)16-24-26(34)30-27(36-24)32-23(18-10-12-19(28)13-11-18)15-22(31-32)17-6-3-2-4-7-17/h2-14,23-24H,15-16H2,1H3,(H,29,33)/t23-,24+/m1/s1. The van der Waals surface area contributed by atoms with Crippen LogP contribution in [0, 0.1) is 5.82 Å². The SMILES string of the molecule is COc1cccc(NC(=O)C[C@@H]2SC(N3N=C(c4ccccc4)C[C@@H]3c3ccc(F)cc3)=NC2=O)c1. The summed E-state index contributed by atoms with van der Waals surface area (Å²) in [6.45, 7) is 0. The van der Waals surface area contributed by atoms with Gasteiger partial charge in [-0.15, -0.1) is 0 Å². The van der Waals surface area contributed by atoms with E-state index in [1.165, 1.54) is 23.9 Å². The van der Waals surface area contributed by atoms with Crippen LogP contribution in [0.4, 0.5) is 10.1 Å². The van der Waals surface area contributed by atoms with Crippen molar-refractivity contribution >= 4 is 40.1 Å². The number of ether oxygens (including phenoxy) is 1. The van der Waals surface area contributed by atoms with Gasteiger partial charge in [0.05, 0.1) is 18.9 Å². The van der Waals surface area contributed by atoms with Gasteiger partial charge in [0.1, 0.15) is 16.8 Å². The van der Waals surface area contributed by atoms with Crippen molar-refractivity contribution in [3.05, 3.63) is 95.8 Å². The van der Waals surface area contributed by atoms with Gasteiger partial charge in [-0.25, -0.2) is 9.40 Å². The van der Waals surface area contributed by atoms with Gasteiger partial charge in [0.15, 0.2) is 5.17 Å². The molecule has 3 aromatic carbocycles. The number of benzene rings is 3. The lowest BCUT2D eigenvalue weighted by Crippen LogP contribution is -2.25. The first-order valence-electron chi connectivity index (χ1n) is 11.4. The van der Waals surface area contributed by atoms with Gasteiger partial charge in [0.25, 0.3) is 5.91 Å². The third kappa shape index (κ3) is 5.16. The average molecular weight is 503 g/mol. The number of carbonyl (C=O) groups excluding carboxylic acids is 2. The topological polar surface area (TPSA) is 83.4 Å². The molecule has 0 aromatic heterocycles. The second kappa shape index (κ2) is 10.3. The first-order chi connectivity index (χ1) is 17.5. The van der Waals surface area contributed by atoms with Gasteiger partial charge in [0.2, 0.25) is 5.91 Å². The van der Waals surface area contributed by atoms with Crippen LogP contribution in [-0.4, -0.2) is 40.1 Å². The third-order valence-corrected chi connectivity index (χ3v) is 7.06. The summed E-state index contributed by atoms with van der Waals surface area (Å²) in [5.41, 5.74) is 3.26. The first-order valence-corrected chi connectivity index (χ1v) is 12.3. The fraction of sp³-hybridized carbons (Fsp3) is 0.185. The van der Waals surface area contributed by atoms with E-state index in [0.29, 0.717) is 23.0 Å². The lowest BCUT2D eigenvalue weighted by atomic mass is 9.99. The Morgan fingerprint density at radius 1 is 1.11 bits per heavy atom. The van der Waals surface area contributed by atoms with E-state index in [-0.39, 0.29) is 30.1 Å². The summed E-state index contributed by atoms with van der Waals surface area (Å²) >= 11 is 1.22. The van der Waals surface area contributed by atoms with Crippen LogP contribution in [0.15, 0.2) is 89.0 Å². The Hall–Kier alpha value is -3.98. The molecule has 5 rings (SSSR count). The van der Waals surface area contributed by atoms with Gasteiger partial charge < -0.3 is 10.1 Å². The molecule has 0 radical (unpaired) electrons. The summed E-state index contributed by atoms with van der Waals surface area (Å²) in [7, 11) is 1.55. The highest BCUT2D eigenvalue weighted by atomic mass is 32.2. The van der Waals surface area contributed by atoms with Crippen molar-refractivity contribution in [2.24, 2.45) is 10.1 Å². The van der Waals surface area contributed by atoms with Gasteiger partial charge in [-0.3, -0.25) is 9.59 Å². The summed E-state index contributed by atoms with van der Waals surface area (Å²) in [6.07, 6.45) is 0.544. The number of nitrogens with zero attached hydrogens (tertiary/aromatic N) is 3. The van der Waals surface area contributed by atoms with E-state index in [9.17, 15) is 14.0 Å². The minimum atomic E-state index is -0.657. The van der Waals surface area contributed by atoms with Crippen LogP contribution in [0.2, 0.25) is 0 Å². The summed E-state index contributed by atoms with van der Waals surface area (Å²) in [5, 5.41) is 9.09. The van der Waals surface area contributed by atoms with Crippen molar-refractivity contribution in [1.29, 1.82) is 0 Å². The van der Waals surface area contributed by atoms with Crippen LogP contribution in [-0.2, 0) is 9.59 Å². The molecule has 7 nitrogen and oxygen atoms in total. The molecule has 182 valence electrons. The predicted octanol–water partition coefficient (Wildman–Crippen LogP) is 5.01. The predicted molar refractivity (Wildman–Crippen MR) is 139 cm³/mol. The molecule has 2 amide bonds. The molecule has 0 spiro atoms. The molecular formula is C27H23FN4O3S. The van der Waals surface area contributed by atoms with Crippen LogP contribution in [0.3, 0.4) is 0 Å². The summed E-state index contributed by atoms with van der Waals surface area (Å²) in [5.74, 6) is -0.373. The van der Waals surface area contributed by atoms with Crippen molar-refractivity contribution in [3.63, 3.8) is 0 Å². The Bertz CT molecular complexity index is 1340. The minimum Gasteiger partial charge on any atom is -0.497 e. The smallest absolute Gasteiger partial charge is 0.262 e. The van der Waals surface area contributed by atoms with E-state index in [1.54, 1.807) is 48.5 Å². The normalized spacial score (nSPS) is 19.2. The van der Waals surface area contributed by atoms with Crippen LogP contribution < -0.4 is 10.1 Å².